The molecular formula is C28H22Cl2N2O3. The number of nitrogens with zero attached hydrogens (tertiary/aromatic N) is 1. The van der Waals surface area contributed by atoms with Crippen molar-refractivity contribution in [3.8, 4) is 11.5 Å². The number of para-hydroxylation sites is 1. The Balaban J connectivity index is 1.34. The highest BCUT2D eigenvalue weighted by molar-refractivity contribution is 6.30. The molecule has 0 atom stereocenters. The maximum atomic E-state index is 12.7. The Bertz CT molecular complexity index is 1310. The lowest BCUT2D eigenvalue weighted by atomic mass is 10.2. The Labute approximate surface area is 213 Å². The van der Waals surface area contributed by atoms with Crippen LogP contribution in [0.2, 0.25) is 10.0 Å². The second-order valence-electron chi connectivity index (χ2n) is 7.60. The van der Waals surface area contributed by atoms with E-state index in [2.05, 4.69) is 10.5 Å². The van der Waals surface area contributed by atoms with Crippen LogP contribution in [0.15, 0.2) is 102 Å². The van der Waals surface area contributed by atoms with Gasteiger partial charge in [0, 0.05) is 10.0 Å². The van der Waals surface area contributed by atoms with Crippen molar-refractivity contribution in [2.75, 3.05) is 0 Å². The van der Waals surface area contributed by atoms with E-state index in [0.29, 0.717) is 40.3 Å². The van der Waals surface area contributed by atoms with Crippen molar-refractivity contribution in [2.45, 2.75) is 13.2 Å². The molecule has 0 bridgehead atoms. The lowest BCUT2D eigenvalue weighted by Crippen LogP contribution is -2.18. The van der Waals surface area contributed by atoms with Crippen molar-refractivity contribution >= 4 is 35.3 Å². The number of hydrogen-bond acceptors (Lipinski definition) is 4. The van der Waals surface area contributed by atoms with E-state index in [9.17, 15) is 4.79 Å². The first-order chi connectivity index (χ1) is 17.1. The maximum Gasteiger partial charge on any atom is 0.275 e. The van der Waals surface area contributed by atoms with Crippen molar-refractivity contribution in [3.05, 3.63) is 129 Å². The number of nitrogens with one attached hydrogen (secondary N) is 1. The zero-order chi connectivity index (χ0) is 24.5. The smallest absolute Gasteiger partial charge is 0.275 e. The highest BCUT2D eigenvalue weighted by atomic mass is 35.5. The average molecular weight is 505 g/mol. The molecule has 0 aromatic heterocycles. The molecule has 176 valence electrons. The number of hydrazone groups is 1. The van der Waals surface area contributed by atoms with Gasteiger partial charge >= 0.3 is 0 Å². The molecule has 0 aliphatic heterocycles. The summed E-state index contributed by atoms with van der Waals surface area (Å²) >= 11 is 11.8. The van der Waals surface area contributed by atoms with Gasteiger partial charge in [0.25, 0.3) is 5.91 Å². The van der Waals surface area contributed by atoms with E-state index in [1.54, 1.807) is 36.5 Å². The summed E-state index contributed by atoms with van der Waals surface area (Å²) in [5.41, 5.74) is 5.68. The van der Waals surface area contributed by atoms with Crippen LogP contribution in [0.3, 0.4) is 0 Å². The molecule has 0 spiro atoms. The average Bonchev–Trinajstić information content (AvgIpc) is 2.88. The zero-order valence-corrected chi connectivity index (χ0v) is 20.2. The van der Waals surface area contributed by atoms with Gasteiger partial charge in [-0.05, 0) is 65.2 Å². The summed E-state index contributed by atoms with van der Waals surface area (Å²) in [6, 6.07) is 29.3. The van der Waals surface area contributed by atoms with Crippen LogP contribution < -0.4 is 14.9 Å². The van der Waals surface area contributed by atoms with Gasteiger partial charge in [0.1, 0.15) is 24.7 Å². The highest BCUT2D eigenvalue weighted by Crippen LogP contribution is 2.20. The Kier molecular flexibility index (Phi) is 8.39. The number of ether oxygens (including phenoxy) is 2. The monoisotopic (exact) mass is 504 g/mol. The molecule has 0 heterocycles. The van der Waals surface area contributed by atoms with Crippen LogP contribution in [0.5, 0.6) is 11.5 Å². The minimum atomic E-state index is -0.372. The fraction of sp³-hybridized carbons (Fsp3) is 0.0714. The predicted molar refractivity (Wildman–Crippen MR) is 140 cm³/mol. The zero-order valence-electron chi connectivity index (χ0n) is 18.7. The number of carbonyl (C=O) groups is 1. The molecule has 0 saturated heterocycles. The van der Waals surface area contributed by atoms with Gasteiger partial charge in [0.05, 0.1) is 11.8 Å². The molecule has 1 N–H and O–H groups in total. The first-order valence-corrected chi connectivity index (χ1v) is 11.6. The van der Waals surface area contributed by atoms with Gasteiger partial charge in [0.15, 0.2) is 0 Å². The Morgan fingerprint density at radius 1 is 0.771 bits per heavy atom. The maximum absolute atomic E-state index is 12.7. The van der Waals surface area contributed by atoms with Crippen molar-refractivity contribution in [1.82, 2.24) is 5.43 Å². The van der Waals surface area contributed by atoms with Crippen LogP contribution in [-0.4, -0.2) is 12.1 Å². The van der Waals surface area contributed by atoms with Crippen LogP contribution in [-0.2, 0) is 13.2 Å². The Morgan fingerprint density at radius 2 is 1.40 bits per heavy atom. The topological polar surface area (TPSA) is 59.9 Å². The summed E-state index contributed by atoms with van der Waals surface area (Å²) in [5.74, 6) is 0.784. The van der Waals surface area contributed by atoms with E-state index in [1.165, 1.54) is 0 Å². The fourth-order valence-corrected chi connectivity index (χ4v) is 3.43. The minimum absolute atomic E-state index is 0.313. The first kappa shape index (κ1) is 24.3. The summed E-state index contributed by atoms with van der Waals surface area (Å²) in [6.45, 7) is 0.731. The molecule has 4 aromatic rings. The SMILES string of the molecule is O=C(N/N=C\c1cccc(OCc2ccc(Cl)cc2)c1)c1ccccc1OCc1ccc(Cl)cc1. The number of hydrogen-bond donors (Lipinski definition) is 1. The summed E-state index contributed by atoms with van der Waals surface area (Å²) in [6.07, 6.45) is 1.56. The minimum Gasteiger partial charge on any atom is -0.489 e. The molecule has 4 aromatic carbocycles. The molecule has 5 nitrogen and oxygen atoms in total. The largest absolute Gasteiger partial charge is 0.489 e. The molecule has 1 amide bonds. The number of benzene rings is 4. The van der Waals surface area contributed by atoms with E-state index < -0.39 is 0 Å². The third kappa shape index (κ3) is 7.34. The second-order valence-corrected chi connectivity index (χ2v) is 8.47. The van der Waals surface area contributed by atoms with E-state index >= 15 is 0 Å². The molecule has 7 heteroatoms. The second kappa shape index (κ2) is 12.1. The molecule has 0 aliphatic carbocycles. The standard InChI is InChI=1S/C28H22Cl2N2O3/c29-23-12-8-20(9-13-23)18-34-25-5-3-4-22(16-25)17-31-32-28(33)26-6-1-2-7-27(26)35-19-21-10-14-24(30)15-11-21/h1-17H,18-19H2,(H,32,33)/b31-17-. The van der Waals surface area contributed by atoms with Gasteiger partial charge in [-0.25, -0.2) is 5.43 Å². The van der Waals surface area contributed by atoms with Crippen molar-refractivity contribution in [1.29, 1.82) is 0 Å². The van der Waals surface area contributed by atoms with Gasteiger partial charge in [-0.3, -0.25) is 4.79 Å². The molecular weight excluding hydrogens is 483 g/mol. The first-order valence-electron chi connectivity index (χ1n) is 10.8. The van der Waals surface area contributed by atoms with Crippen LogP contribution in [0.1, 0.15) is 27.0 Å². The van der Waals surface area contributed by atoms with Crippen molar-refractivity contribution in [3.63, 3.8) is 0 Å². The quantitative estimate of drug-likeness (QED) is 0.199. The van der Waals surface area contributed by atoms with E-state index in [1.807, 2.05) is 66.7 Å². The Morgan fingerprint density at radius 3 is 2.09 bits per heavy atom. The highest BCUT2D eigenvalue weighted by Gasteiger charge is 2.11. The molecule has 0 aliphatic rings. The van der Waals surface area contributed by atoms with E-state index in [4.69, 9.17) is 32.7 Å². The third-order valence-electron chi connectivity index (χ3n) is 5.00. The van der Waals surface area contributed by atoms with Gasteiger partial charge in [-0.15, -0.1) is 0 Å². The normalized spacial score (nSPS) is 10.8. The predicted octanol–water partition coefficient (Wildman–Crippen LogP) is 6.92. The lowest BCUT2D eigenvalue weighted by molar-refractivity contribution is 0.0950. The van der Waals surface area contributed by atoms with Crippen molar-refractivity contribution < 1.29 is 14.3 Å². The third-order valence-corrected chi connectivity index (χ3v) is 5.50. The lowest BCUT2D eigenvalue weighted by Gasteiger charge is -2.10. The summed E-state index contributed by atoms with van der Waals surface area (Å²) < 4.78 is 11.7. The summed E-state index contributed by atoms with van der Waals surface area (Å²) in [5, 5.41) is 5.43. The van der Waals surface area contributed by atoms with Gasteiger partial charge in [-0.2, -0.15) is 5.10 Å². The van der Waals surface area contributed by atoms with Crippen LogP contribution >= 0.6 is 23.2 Å². The Hall–Kier alpha value is -3.80. The summed E-state index contributed by atoms with van der Waals surface area (Å²) in [7, 11) is 0. The molecule has 35 heavy (non-hydrogen) atoms. The fourth-order valence-electron chi connectivity index (χ4n) is 3.18. The van der Waals surface area contributed by atoms with Crippen LogP contribution in [0, 0.1) is 0 Å². The van der Waals surface area contributed by atoms with E-state index in [-0.39, 0.29) is 5.91 Å². The number of rotatable bonds is 9. The van der Waals surface area contributed by atoms with Crippen molar-refractivity contribution in [2.24, 2.45) is 5.10 Å². The van der Waals surface area contributed by atoms with Gasteiger partial charge < -0.3 is 9.47 Å². The molecule has 0 saturated carbocycles. The summed E-state index contributed by atoms with van der Waals surface area (Å²) in [4.78, 5) is 12.7. The molecule has 0 unspecified atom stereocenters. The molecule has 0 radical (unpaired) electrons. The van der Waals surface area contributed by atoms with Crippen LogP contribution in [0.25, 0.3) is 0 Å². The number of halogens is 2. The molecule has 0 fully saturated rings. The van der Waals surface area contributed by atoms with Gasteiger partial charge in [0.2, 0.25) is 0 Å². The van der Waals surface area contributed by atoms with Crippen LogP contribution in [0.4, 0.5) is 0 Å². The van der Waals surface area contributed by atoms with E-state index in [0.717, 1.165) is 16.7 Å². The molecule has 4 rings (SSSR count). The van der Waals surface area contributed by atoms with Gasteiger partial charge in [-0.1, -0.05) is 71.7 Å². The number of amides is 1. The number of carbonyl (C=O) groups excluding carboxylic acids is 1.